The molecular weight excluding hydrogens is 358 g/mol. The smallest absolute Gasteiger partial charge is 0.341 e. The Morgan fingerprint density at radius 2 is 1.88 bits per heavy atom. The standard InChI is InChI=1S/C19H20ClNO5/c20-16-11-15(8-9-17(16)26-13-19(23)24)21-18(22)7-4-10-25-12-14-5-2-1-3-6-14/h1-3,5-6,8-9,11H,4,7,10,12-13H2,(H,21,22)(H,23,24). The highest BCUT2D eigenvalue weighted by Crippen LogP contribution is 2.27. The van der Waals surface area contributed by atoms with Crippen LogP contribution in [0.1, 0.15) is 18.4 Å². The Balaban J connectivity index is 1.68. The summed E-state index contributed by atoms with van der Waals surface area (Å²) in [6.07, 6.45) is 0.926. The predicted molar refractivity (Wildman–Crippen MR) is 98.5 cm³/mol. The Morgan fingerprint density at radius 3 is 2.58 bits per heavy atom. The molecule has 138 valence electrons. The van der Waals surface area contributed by atoms with Gasteiger partial charge in [-0.1, -0.05) is 41.9 Å². The molecule has 0 aliphatic rings. The van der Waals surface area contributed by atoms with Gasteiger partial charge in [0.25, 0.3) is 0 Å². The van der Waals surface area contributed by atoms with E-state index in [1.807, 2.05) is 30.3 Å². The van der Waals surface area contributed by atoms with E-state index in [-0.39, 0.29) is 16.7 Å². The minimum atomic E-state index is -1.09. The summed E-state index contributed by atoms with van der Waals surface area (Å²) >= 11 is 6.01. The van der Waals surface area contributed by atoms with Crippen LogP contribution in [0.2, 0.25) is 5.02 Å². The van der Waals surface area contributed by atoms with Gasteiger partial charge in [0.2, 0.25) is 5.91 Å². The molecule has 2 aromatic rings. The van der Waals surface area contributed by atoms with E-state index in [0.717, 1.165) is 5.56 Å². The first-order valence-corrected chi connectivity index (χ1v) is 8.48. The van der Waals surface area contributed by atoms with Gasteiger partial charge in [-0.15, -0.1) is 0 Å². The number of nitrogens with one attached hydrogen (secondary N) is 1. The van der Waals surface area contributed by atoms with Crippen molar-refractivity contribution in [1.82, 2.24) is 0 Å². The van der Waals surface area contributed by atoms with Crippen LogP contribution in [0.25, 0.3) is 0 Å². The summed E-state index contributed by atoms with van der Waals surface area (Å²) in [4.78, 5) is 22.4. The number of carbonyl (C=O) groups excluding carboxylic acids is 1. The Bertz CT molecular complexity index is 736. The summed E-state index contributed by atoms with van der Waals surface area (Å²) in [5.41, 5.74) is 1.62. The maximum atomic E-state index is 11.9. The second-order valence-electron chi connectivity index (χ2n) is 5.52. The number of anilines is 1. The van der Waals surface area contributed by atoms with E-state index in [1.54, 1.807) is 6.07 Å². The van der Waals surface area contributed by atoms with Crippen molar-refractivity contribution in [3.8, 4) is 5.75 Å². The van der Waals surface area contributed by atoms with Gasteiger partial charge in [-0.05, 0) is 30.2 Å². The van der Waals surface area contributed by atoms with Crippen molar-refractivity contribution in [3.05, 3.63) is 59.1 Å². The number of benzene rings is 2. The molecule has 0 aliphatic carbocycles. The molecule has 0 unspecified atom stereocenters. The van der Waals surface area contributed by atoms with E-state index in [4.69, 9.17) is 26.2 Å². The first kappa shape index (κ1) is 19.8. The number of hydrogen-bond acceptors (Lipinski definition) is 4. The zero-order chi connectivity index (χ0) is 18.8. The highest BCUT2D eigenvalue weighted by molar-refractivity contribution is 6.32. The molecule has 26 heavy (non-hydrogen) atoms. The van der Waals surface area contributed by atoms with Crippen LogP contribution < -0.4 is 10.1 Å². The highest BCUT2D eigenvalue weighted by atomic mass is 35.5. The van der Waals surface area contributed by atoms with Gasteiger partial charge >= 0.3 is 5.97 Å². The van der Waals surface area contributed by atoms with Gasteiger partial charge in [0.1, 0.15) is 5.75 Å². The van der Waals surface area contributed by atoms with Crippen molar-refractivity contribution in [2.45, 2.75) is 19.4 Å². The molecule has 2 aromatic carbocycles. The van der Waals surface area contributed by atoms with Crippen LogP contribution >= 0.6 is 11.6 Å². The minimum Gasteiger partial charge on any atom is -0.480 e. The molecule has 0 spiro atoms. The van der Waals surface area contributed by atoms with Crippen LogP contribution in [-0.2, 0) is 20.9 Å². The molecule has 0 heterocycles. The fourth-order valence-corrected chi connectivity index (χ4v) is 2.39. The average molecular weight is 378 g/mol. The van der Waals surface area contributed by atoms with E-state index in [9.17, 15) is 9.59 Å². The summed E-state index contributed by atoms with van der Waals surface area (Å²) in [7, 11) is 0. The molecule has 0 saturated heterocycles. The molecular formula is C19H20ClNO5. The Morgan fingerprint density at radius 1 is 1.12 bits per heavy atom. The first-order valence-electron chi connectivity index (χ1n) is 8.10. The third-order valence-corrected chi connectivity index (χ3v) is 3.67. The summed E-state index contributed by atoms with van der Waals surface area (Å²) in [6, 6.07) is 14.5. The normalized spacial score (nSPS) is 10.3. The topological polar surface area (TPSA) is 84.9 Å². The maximum absolute atomic E-state index is 11.9. The Hall–Kier alpha value is -2.57. The molecule has 0 radical (unpaired) electrons. The van der Waals surface area contributed by atoms with Crippen LogP contribution in [0.5, 0.6) is 5.75 Å². The molecule has 0 aliphatic heterocycles. The van der Waals surface area contributed by atoms with Crippen LogP contribution in [-0.4, -0.2) is 30.2 Å². The molecule has 6 nitrogen and oxygen atoms in total. The van der Waals surface area contributed by atoms with Crippen molar-refractivity contribution in [2.24, 2.45) is 0 Å². The number of aliphatic carboxylic acids is 1. The highest BCUT2D eigenvalue weighted by Gasteiger charge is 2.08. The molecule has 0 aromatic heterocycles. The quantitative estimate of drug-likeness (QED) is 0.616. The maximum Gasteiger partial charge on any atom is 0.341 e. The molecule has 0 bridgehead atoms. The first-order chi connectivity index (χ1) is 12.5. The van der Waals surface area contributed by atoms with Crippen molar-refractivity contribution >= 4 is 29.2 Å². The lowest BCUT2D eigenvalue weighted by molar-refractivity contribution is -0.139. The fourth-order valence-electron chi connectivity index (χ4n) is 2.16. The number of ether oxygens (including phenoxy) is 2. The lowest BCUT2D eigenvalue weighted by Crippen LogP contribution is -2.13. The van der Waals surface area contributed by atoms with E-state index >= 15 is 0 Å². The number of amides is 1. The van der Waals surface area contributed by atoms with E-state index in [2.05, 4.69) is 5.32 Å². The third kappa shape index (κ3) is 7.13. The van der Waals surface area contributed by atoms with Gasteiger partial charge < -0.3 is 19.9 Å². The largest absolute Gasteiger partial charge is 0.480 e. The Labute approximate surface area is 156 Å². The number of carboxylic acids is 1. The van der Waals surface area contributed by atoms with Gasteiger partial charge in [0.15, 0.2) is 6.61 Å². The van der Waals surface area contributed by atoms with Gasteiger partial charge in [-0.25, -0.2) is 4.79 Å². The van der Waals surface area contributed by atoms with Gasteiger partial charge in [-0.3, -0.25) is 4.79 Å². The lowest BCUT2D eigenvalue weighted by Gasteiger charge is -2.09. The van der Waals surface area contributed by atoms with Gasteiger partial charge in [-0.2, -0.15) is 0 Å². The third-order valence-electron chi connectivity index (χ3n) is 3.37. The number of halogens is 1. The molecule has 0 saturated carbocycles. The summed E-state index contributed by atoms with van der Waals surface area (Å²) < 4.78 is 10.6. The minimum absolute atomic E-state index is 0.149. The number of rotatable bonds is 10. The van der Waals surface area contributed by atoms with Gasteiger partial charge in [0, 0.05) is 18.7 Å². The monoisotopic (exact) mass is 377 g/mol. The molecule has 0 atom stereocenters. The second kappa shape index (κ2) is 10.4. The van der Waals surface area contributed by atoms with E-state index in [0.29, 0.717) is 31.7 Å². The summed E-state index contributed by atoms with van der Waals surface area (Å²) in [5.74, 6) is -0.988. The zero-order valence-corrected chi connectivity index (χ0v) is 14.9. The van der Waals surface area contributed by atoms with Crippen LogP contribution in [0, 0.1) is 0 Å². The van der Waals surface area contributed by atoms with E-state index < -0.39 is 12.6 Å². The fraction of sp³-hybridized carbons (Fsp3) is 0.263. The van der Waals surface area contributed by atoms with Crippen LogP contribution in [0.15, 0.2) is 48.5 Å². The SMILES string of the molecule is O=C(O)COc1ccc(NC(=O)CCCOCc2ccccc2)cc1Cl. The van der Waals surface area contributed by atoms with E-state index in [1.165, 1.54) is 12.1 Å². The van der Waals surface area contributed by atoms with Crippen LogP contribution in [0.4, 0.5) is 5.69 Å². The van der Waals surface area contributed by atoms with Crippen molar-refractivity contribution < 1.29 is 24.2 Å². The van der Waals surface area contributed by atoms with Crippen molar-refractivity contribution in [1.29, 1.82) is 0 Å². The Kier molecular flexibility index (Phi) is 7.92. The number of hydrogen-bond donors (Lipinski definition) is 2. The lowest BCUT2D eigenvalue weighted by atomic mass is 10.2. The second-order valence-corrected chi connectivity index (χ2v) is 5.92. The van der Waals surface area contributed by atoms with Crippen molar-refractivity contribution in [3.63, 3.8) is 0 Å². The average Bonchev–Trinajstić information content (AvgIpc) is 2.61. The molecule has 2 N–H and O–H groups in total. The molecule has 2 rings (SSSR count). The predicted octanol–water partition coefficient (Wildman–Crippen LogP) is 3.74. The molecule has 7 heteroatoms. The van der Waals surface area contributed by atoms with Crippen molar-refractivity contribution in [2.75, 3.05) is 18.5 Å². The number of carboxylic acid groups (broad SMARTS) is 1. The zero-order valence-electron chi connectivity index (χ0n) is 14.1. The summed E-state index contributed by atoms with van der Waals surface area (Å²) in [6.45, 7) is 0.537. The summed E-state index contributed by atoms with van der Waals surface area (Å²) in [5, 5.41) is 11.6. The number of carbonyl (C=O) groups is 2. The molecule has 1 amide bonds. The van der Waals surface area contributed by atoms with Gasteiger partial charge in [0.05, 0.1) is 11.6 Å². The van der Waals surface area contributed by atoms with Crippen LogP contribution in [0.3, 0.4) is 0 Å². The molecule has 0 fully saturated rings.